The van der Waals surface area contributed by atoms with Crippen LogP contribution in [0.15, 0.2) is 36.8 Å². The largest absolute Gasteiger partial charge is 0.329 e. The molecular formula is C17H20N4. The van der Waals surface area contributed by atoms with Crippen LogP contribution in [-0.2, 0) is 6.54 Å². The monoisotopic (exact) mass is 280 g/mol. The third kappa shape index (κ3) is 2.40. The standard InChI is InChI=1S/C17H20N4/c1-4-8-20(9-5-1)10-11-21-13-19-16-12-18-15-7-3-2-6-14(15)17(16)21/h2-3,6-7,12-13H,1,4-5,8-11H2. The number of likely N-dealkylation sites (tertiary alicyclic amines) is 1. The molecule has 1 aliphatic heterocycles. The number of fused-ring (bicyclic) bond motifs is 3. The van der Waals surface area contributed by atoms with E-state index in [0.717, 1.165) is 24.1 Å². The van der Waals surface area contributed by atoms with Gasteiger partial charge in [-0.25, -0.2) is 4.98 Å². The van der Waals surface area contributed by atoms with E-state index in [-0.39, 0.29) is 0 Å². The Morgan fingerprint density at radius 3 is 2.67 bits per heavy atom. The van der Waals surface area contributed by atoms with Crippen molar-refractivity contribution in [3.8, 4) is 0 Å². The highest BCUT2D eigenvalue weighted by atomic mass is 15.2. The Morgan fingerprint density at radius 1 is 0.905 bits per heavy atom. The molecule has 3 heterocycles. The van der Waals surface area contributed by atoms with E-state index in [4.69, 9.17) is 0 Å². The van der Waals surface area contributed by atoms with Gasteiger partial charge in [-0.1, -0.05) is 24.6 Å². The Bertz CT molecular complexity index is 756. The number of pyridine rings is 1. The molecule has 0 radical (unpaired) electrons. The smallest absolute Gasteiger partial charge is 0.107 e. The van der Waals surface area contributed by atoms with Crippen molar-refractivity contribution in [1.82, 2.24) is 19.4 Å². The zero-order chi connectivity index (χ0) is 14.1. The fraction of sp³-hybridized carbons (Fsp3) is 0.412. The van der Waals surface area contributed by atoms with Gasteiger partial charge >= 0.3 is 0 Å². The number of para-hydroxylation sites is 1. The molecule has 0 aliphatic carbocycles. The van der Waals surface area contributed by atoms with Crippen LogP contribution in [0.2, 0.25) is 0 Å². The number of hydrogen-bond donors (Lipinski definition) is 0. The normalized spacial score (nSPS) is 16.8. The lowest BCUT2D eigenvalue weighted by Gasteiger charge is -2.26. The molecule has 0 amide bonds. The van der Waals surface area contributed by atoms with Crippen LogP contribution in [0, 0.1) is 0 Å². The SMILES string of the molecule is c1ccc2c(c1)ncc1ncn(CCN3CCCCC3)c12. The zero-order valence-electron chi connectivity index (χ0n) is 12.2. The van der Waals surface area contributed by atoms with E-state index in [1.165, 1.54) is 43.3 Å². The topological polar surface area (TPSA) is 34.0 Å². The lowest BCUT2D eigenvalue weighted by atomic mass is 10.1. The summed E-state index contributed by atoms with van der Waals surface area (Å²) in [5.74, 6) is 0. The summed E-state index contributed by atoms with van der Waals surface area (Å²) in [5.41, 5.74) is 3.26. The third-order valence-corrected chi connectivity index (χ3v) is 4.46. The molecule has 0 spiro atoms. The number of rotatable bonds is 3. The summed E-state index contributed by atoms with van der Waals surface area (Å²) in [6.45, 7) is 4.61. The Hall–Kier alpha value is -1.94. The second-order valence-corrected chi connectivity index (χ2v) is 5.85. The summed E-state index contributed by atoms with van der Waals surface area (Å²) in [7, 11) is 0. The highest BCUT2D eigenvalue weighted by Crippen LogP contribution is 2.22. The first-order valence-electron chi connectivity index (χ1n) is 7.83. The molecule has 0 saturated carbocycles. The summed E-state index contributed by atoms with van der Waals surface area (Å²) >= 11 is 0. The van der Waals surface area contributed by atoms with Gasteiger partial charge < -0.3 is 9.47 Å². The summed E-state index contributed by atoms with van der Waals surface area (Å²) in [4.78, 5) is 11.6. The molecule has 21 heavy (non-hydrogen) atoms. The van der Waals surface area contributed by atoms with Crippen molar-refractivity contribution in [2.75, 3.05) is 19.6 Å². The Morgan fingerprint density at radius 2 is 1.76 bits per heavy atom. The van der Waals surface area contributed by atoms with E-state index in [2.05, 4.69) is 37.6 Å². The molecule has 1 aliphatic rings. The van der Waals surface area contributed by atoms with Crippen LogP contribution in [0.5, 0.6) is 0 Å². The first-order valence-corrected chi connectivity index (χ1v) is 7.83. The van der Waals surface area contributed by atoms with Gasteiger partial charge in [-0.2, -0.15) is 0 Å². The van der Waals surface area contributed by atoms with E-state index < -0.39 is 0 Å². The third-order valence-electron chi connectivity index (χ3n) is 4.46. The van der Waals surface area contributed by atoms with Gasteiger partial charge in [-0.15, -0.1) is 0 Å². The van der Waals surface area contributed by atoms with Crippen molar-refractivity contribution in [1.29, 1.82) is 0 Å². The first-order chi connectivity index (χ1) is 10.4. The second kappa shape index (κ2) is 5.45. The fourth-order valence-corrected chi connectivity index (χ4v) is 3.30. The lowest BCUT2D eigenvalue weighted by molar-refractivity contribution is 0.221. The fourth-order valence-electron chi connectivity index (χ4n) is 3.30. The molecule has 0 N–H and O–H groups in total. The summed E-state index contributed by atoms with van der Waals surface area (Å²) < 4.78 is 2.29. The molecule has 2 aromatic heterocycles. The van der Waals surface area contributed by atoms with Gasteiger partial charge in [0.15, 0.2) is 0 Å². The molecule has 4 heteroatoms. The molecule has 1 fully saturated rings. The minimum atomic E-state index is 0.993. The predicted octanol–water partition coefficient (Wildman–Crippen LogP) is 3.07. The van der Waals surface area contributed by atoms with Crippen LogP contribution in [0.1, 0.15) is 19.3 Å². The van der Waals surface area contributed by atoms with Gasteiger partial charge in [0.05, 0.1) is 23.6 Å². The van der Waals surface area contributed by atoms with Crippen molar-refractivity contribution in [2.45, 2.75) is 25.8 Å². The van der Waals surface area contributed by atoms with Gasteiger partial charge in [0, 0.05) is 18.5 Å². The average Bonchev–Trinajstić information content (AvgIpc) is 2.97. The van der Waals surface area contributed by atoms with Crippen LogP contribution in [0.4, 0.5) is 0 Å². The predicted molar refractivity (Wildman–Crippen MR) is 85.3 cm³/mol. The lowest BCUT2D eigenvalue weighted by Crippen LogP contribution is -2.32. The minimum Gasteiger partial charge on any atom is -0.329 e. The van der Waals surface area contributed by atoms with Crippen LogP contribution in [0.3, 0.4) is 0 Å². The summed E-state index contributed by atoms with van der Waals surface area (Å²) in [6.07, 6.45) is 7.92. The summed E-state index contributed by atoms with van der Waals surface area (Å²) in [5, 5.41) is 1.20. The zero-order valence-corrected chi connectivity index (χ0v) is 12.2. The number of aromatic nitrogens is 3. The Kier molecular flexibility index (Phi) is 3.31. The molecule has 1 saturated heterocycles. The van der Waals surface area contributed by atoms with Gasteiger partial charge in [0.25, 0.3) is 0 Å². The van der Waals surface area contributed by atoms with E-state index in [1.54, 1.807) is 0 Å². The van der Waals surface area contributed by atoms with Gasteiger partial charge in [0.1, 0.15) is 5.52 Å². The number of nitrogens with zero attached hydrogens (tertiary/aromatic N) is 4. The molecule has 1 aromatic carbocycles. The number of hydrogen-bond acceptors (Lipinski definition) is 3. The van der Waals surface area contributed by atoms with E-state index >= 15 is 0 Å². The van der Waals surface area contributed by atoms with Gasteiger partial charge in [-0.05, 0) is 32.0 Å². The molecule has 0 atom stereocenters. The van der Waals surface area contributed by atoms with Crippen LogP contribution < -0.4 is 0 Å². The van der Waals surface area contributed by atoms with Crippen molar-refractivity contribution in [3.63, 3.8) is 0 Å². The van der Waals surface area contributed by atoms with Gasteiger partial charge in [-0.3, -0.25) is 4.98 Å². The number of benzene rings is 1. The number of imidazole rings is 1. The first kappa shape index (κ1) is 12.8. The maximum absolute atomic E-state index is 4.51. The molecule has 4 rings (SSSR count). The average molecular weight is 280 g/mol. The maximum Gasteiger partial charge on any atom is 0.107 e. The Balaban J connectivity index is 1.66. The van der Waals surface area contributed by atoms with Crippen LogP contribution >= 0.6 is 0 Å². The minimum absolute atomic E-state index is 0.993. The second-order valence-electron chi connectivity index (χ2n) is 5.85. The quantitative estimate of drug-likeness (QED) is 0.739. The number of piperidine rings is 1. The highest BCUT2D eigenvalue weighted by molar-refractivity contribution is 6.01. The maximum atomic E-state index is 4.51. The molecule has 3 aromatic rings. The molecule has 0 bridgehead atoms. The van der Waals surface area contributed by atoms with Crippen LogP contribution in [0.25, 0.3) is 21.9 Å². The molecule has 0 unspecified atom stereocenters. The molecule has 108 valence electrons. The molecule has 4 nitrogen and oxygen atoms in total. The molecular weight excluding hydrogens is 260 g/mol. The van der Waals surface area contributed by atoms with Crippen molar-refractivity contribution >= 4 is 21.9 Å². The van der Waals surface area contributed by atoms with E-state index in [9.17, 15) is 0 Å². The van der Waals surface area contributed by atoms with E-state index in [1.807, 2.05) is 18.6 Å². The van der Waals surface area contributed by atoms with Gasteiger partial charge in [0.2, 0.25) is 0 Å². The van der Waals surface area contributed by atoms with Crippen molar-refractivity contribution < 1.29 is 0 Å². The van der Waals surface area contributed by atoms with E-state index in [0.29, 0.717) is 0 Å². The highest BCUT2D eigenvalue weighted by Gasteiger charge is 2.12. The van der Waals surface area contributed by atoms with Crippen molar-refractivity contribution in [2.24, 2.45) is 0 Å². The Labute approximate surface area is 124 Å². The van der Waals surface area contributed by atoms with Crippen LogP contribution in [-0.4, -0.2) is 39.1 Å². The van der Waals surface area contributed by atoms with Crippen molar-refractivity contribution in [3.05, 3.63) is 36.8 Å². The summed E-state index contributed by atoms with van der Waals surface area (Å²) in [6, 6.07) is 8.32.